The molecular weight excluding hydrogens is 352 g/mol. The minimum Gasteiger partial charge on any atom is -0.380 e. The summed E-state index contributed by atoms with van der Waals surface area (Å²) in [6.45, 7) is 1.45. The molecule has 0 amide bonds. The first kappa shape index (κ1) is 18.4. The van der Waals surface area contributed by atoms with Crippen molar-refractivity contribution >= 4 is 23.0 Å². The van der Waals surface area contributed by atoms with Crippen LogP contribution in [-0.2, 0) is 19.4 Å². The second-order valence-electron chi connectivity index (χ2n) is 7.64. The number of aromatic nitrogens is 2. The minimum atomic E-state index is -0.267. The molecule has 0 aliphatic heterocycles. The molecule has 28 heavy (non-hydrogen) atoms. The van der Waals surface area contributed by atoms with Gasteiger partial charge in [-0.05, 0) is 44.1 Å². The molecule has 1 aromatic carbocycles. The van der Waals surface area contributed by atoms with Crippen LogP contribution < -0.4 is 10.7 Å². The van der Waals surface area contributed by atoms with Crippen molar-refractivity contribution in [1.29, 1.82) is 0 Å². The Hall–Kier alpha value is -2.99. The van der Waals surface area contributed by atoms with Crippen LogP contribution in [0.3, 0.4) is 0 Å². The van der Waals surface area contributed by atoms with E-state index < -0.39 is 0 Å². The minimum absolute atomic E-state index is 0.165. The molecule has 0 bridgehead atoms. The van der Waals surface area contributed by atoms with E-state index in [1.165, 1.54) is 11.1 Å². The topological polar surface area (TPSA) is 67.2 Å². The van der Waals surface area contributed by atoms with Gasteiger partial charge in [0.2, 0.25) is 5.43 Å². The van der Waals surface area contributed by atoms with Crippen molar-refractivity contribution in [2.45, 2.75) is 25.4 Å². The van der Waals surface area contributed by atoms with Crippen molar-refractivity contribution in [1.82, 2.24) is 14.5 Å². The van der Waals surface area contributed by atoms with E-state index in [0.717, 1.165) is 25.1 Å². The summed E-state index contributed by atoms with van der Waals surface area (Å²) < 4.78 is 1.88. The first-order chi connectivity index (χ1) is 13.5. The van der Waals surface area contributed by atoms with E-state index in [4.69, 9.17) is 0 Å². The molecule has 0 fully saturated rings. The Morgan fingerprint density at radius 2 is 1.96 bits per heavy atom. The summed E-state index contributed by atoms with van der Waals surface area (Å²) in [6, 6.07) is 10.6. The molecular formula is C22H24N4O2. The fraction of sp³-hybridized carbons (Fsp3) is 0.318. The van der Waals surface area contributed by atoms with Gasteiger partial charge < -0.3 is 14.8 Å². The lowest BCUT2D eigenvalue weighted by Gasteiger charge is -2.17. The van der Waals surface area contributed by atoms with Crippen molar-refractivity contribution in [2.24, 2.45) is 0 Å². The standard InChI is InChI=1S/C22H24N4O2/c1-25(2)7-8-26-13-17(14-27)21(28)20-11-19(12-23-22(20)26)24-18-9-15-5-3-4-6-16(15)10-18/h3-6,11-14,18,24H,7-10H2,1-2H3. The maximum Gasteiger partial charge on any atom is 0.201 e. The number of fused-ring (bicyclic) bond motifs is 2. The average molecular weight is 376 g/mol. The highest BCUT2D eigenvalue weighted by atomic mass is 16.1. The molecule has 6 heteroatoms. The summed E-state index contributed by atoms with van der Waals surface area (Å²) in [6.07, 6.45) is 5.92. The third-order valence-electron chi connectivity index (χ3n) is 5.28. The van der Waals surface area contributed by atoms with Gasteiger partial charge in [-0.1, -0.05) is 24.3 Å². The van der Waals surface area contributed by atoms with Gasteiger partial charge >= 0.3 is 0 Å². The molecule has 2 heterocycles. The zero-order chi connectivity index (χ0) is 19.7. The van der Waals surface area contributed by atoms with Gasteiger partial charge in [0.1, 0.15) is 5.65 Å². The zero-order valence-corrected chi connectivity index (χ0v) is 16.2. The monoisotopic (exact) mass is 376 g/mol. The van der Waals surface area contributed by atoms with Crippen molar-refractivity contribution in [3.63, 3.8) is 0 Å². The van der Waals surface area contributed by atoms with Crippen LogP contribution in [-0.4, -0.2) is 47.4 Å². The van der Waals surface area contributed by atoms with E-state index in [2.05, 4.69) is 39.5 Å². The number of anilines is 1. The van der Waals surface area contributed by atoms with Crippen LogP contribution in [0.15, 0.2) is 47.5 Å². The summed E-state index contributed by atoms with van der Waals surface area (Å²) >= 11 is 0. The normalized spacial score (nSPS) is 13.8. The number of nitrogens with one attached hydrogen (secondary N) is 1. The number of carbonyl (C=O) groups excluding carboxylic acids is 1. The fourth-order valence-electron chi connectivity index (χ4n) is 3.83. The smallest absolute Gasteiger partial charge is 0.201 e. The summed E-state index contributed by atoms with van der Waals surface area (Å²) in [5.41, 5.74) is 4.05. The number of nitrogens with zero attached hydrogens (tertiary/aromatic N) is 3. The molecule has 0 radical (unpaired) electrons. The molecule has 1 aliphatic carbocycles. The Morgan fingerprint density at radius 1 is 1.25 bits per heavy atom. The van der Waals surface area contributed by atoms with Crippen LogP contribution in [0.25, 0.3) is 11.0 Å². The Balaban J connectivity index is 1.65. The number of likely N-dealkylation sites (N-methyl/N-ethyl adjacent to an activating group) is 1. The Morgan fingerprint density at radius 3 is 2.61 bits per heavy atom. The molecule has 0 spiro atoms. The highest BCUT2D eigenvalue weighted by Gasteiger charge is 2.21. The number of hydrogen-bond donors (Lipinski definition) is 1. The Bertz CT molecular complexity index is 1060. The number of pyridine rings is 2. The van der Waals surface area contributed by atoms with E-state index in [9.17, 15) is 9.59 Å². The van der Waals surface area contributed by atoms with E-state index in [1.54, 1.807) is 12.4 Å². The molecule has 1 N–H and O–H groups in total. The zero-order valence-electron chi connectivity index (χ0n) is 16.2. The van der Waals surface area contributed by atoms with E-state index in [1.807, 2.05) is 24.7 Å². The molecule has 0 unspecified atom stereocenters. The molecule has 2 aromatic heterocycles. The number of aldehydes is 1. The lowest BCUT2D eigenvalue weighted by atomic mass is 10.1. The van der Waals surface area contributed by atoms with Crippen LogP contribution in [0, 0.1) is 0 Å². The van der Waals surface area contributed by atoms with Crippen LogP contribution in [0.1, 0.15) is 21.5 Å². The first-order valence-electron chi connectivity index (χ1n) is 9.51. The van der Waals surface area contributed by atoms with Crippen molar-refractivity contribution < 1.29 is 4.79 Å². The summed E-state index contributed by atoms with van der Waals surface area (Å²) in [5.74, 6) is 0. The molecule has 6 nitrogen and oxygen atoms in total. The van der Waals surface area contributed by atoms with Gasteiger partial charge in [-0.25, -0.2) is 4.98 Å². The SMILES string of the molecule is CN(C)CCn1cc(C=O)c(=O)c2cc(NC3Cc4ccccc4C3)cnc21. The molecule has 4 rings (SSSR count). The third-order valence-corrected chi connectivity index (χ3v) is 5.28. The number of carbonyl (C=O) groups is 1. The quantitative estimate of drug-likeness (QED) is 0.669. The molecule has 0 saturated heterocycles. The van der Waals surface area contributed by atoms with Crippen LogP contribution in [0.5, 0.6) is 0 Å². The van der Waals surface area contributed by atoms with Crippen molar-refractivity contribution in [3.8, 4) is 0 Å². The summed E-state index contributed by atoms with van der Waals surface area (Å²) in [5, 5.41) is 3.98. The van der Waals surface area contributed by atoms with Gasteiger partial charge in [0.05, 0.1) is 22.8 Å². The van der Waals surface area contributed by atoms with E-state index in [-0.39, 0.29) is 17.0 Å². The van der Waals surface area contributed by atoms with Gasteiger partial charge in [0, 0.05) is 25.3 Å². The summed E-state index contributed by atoms with van der Waals surface area (Å²) in [7, 11) is 3.97. The second-order valence-corrected chi connectivity index (χ2v) is 7.64. The fourth-order valence-corrected chi connectivity index (χ4v) is 3.83. The van der Waals surface area contributed by atoms with Gasteiger partial charge in [0.25, 0.3) is 0 Å². The van der Waals surface area contributed by atoms with Gasteiger partial charge in [-0.2, -0.15) is 0 Å². The molecule has 1 aliphatic rings. The largest absolute Gasteiger partial charge is 0.380 e. The lowest BCUT2D eigenvalue weighted by molar-refractivity contribution is 0.112. The predicted octanol–water partition coefficient (Wildman–Crippen LogP) is 2.35. The molecule has 144 valence electrons. The van der Waals surface area contributed by atoms with Crippen molar-refractivity contribution in [2.75, 3.05) is 26.0 Å². The molecule has 0 saturated carbocycles. The highest BCUT2D eigenvalue weighted by molar-refractivity contribution is 5.85. The number of rotatable bonds is 6. The predicted molar refractivity (Wildman–Crippen MR) is 111 cm³/mol. The van der Waals surface area contributed by atoms with Crippen LogP contribution >= 0.6 is 0 Å². The van der Waals surface area contributed by atoms with Crippen LogP contribution in [0.4, 0.5) is 5.69 Å². The molecule has 3 aromatic rings. The molecule has 0 atom stereocenters. The Kier molecular flexibility index (Phi) is 4.96. The van der Waals surface area contributed by atoms with Gasteiger partial charge in [-0.15, -0.1) is 0 Å². The highest BCUT2D eigenvalue weighted by Crippen LogP contribution is 2.25. The van der Waals surface area contributed by atoms with Gasteiger partial charge in [-0.3, -0.25) is 9.59 Å². The van der Waals surface area contributed by atoms with E-state index in [0.29, 0.717) is 23.9 Å². The van der Waals surface area contributed by atoms with Crippen LogP contribution in [0.2, 0.25) is 0 Å². The van der Waals surface area contributed by atoms with E-state index >= 15 is 0 Å². The summed E-state index contributed by atoms with van der Waals surface area (Å²) in [4.78, 5) is 30.7. The maximum absolute atomic E-state index is 12.7. The van der Waals surface area contributed by atoms with Gasteiger partial charge in [0.15, 0.2) is 6.29 Å². The lowest BCUT2D eigenvalue weighted by Crippen LogP contribution is -2.23. The number of benzene rings is 1. The van der Waals surface area contributed by atoms with Crippen molar-refractivity contribution in [3.05, 3.63) is 69.6 Å². The third kappa shape index (κ3) is 3.55. The first-order valence-corrected chi connectivity index (χ1v) is 9.51. The average Bonchev–Trinajstić information content (AvgIpc) is 3.10. The maximum atomic E-state index is 12.7. The second kappa shape index (κ2) is 7.56. The number of hydrogen-bond acceptors (Lipinski definition) is 5. The Labute approximate surface area is 163 Å².